The van der Waals surface area contributed by atoms with Gasteiger partial charge in [0.2, 0.25) is 0 Å². The van der Waals surface area contributed by atoms with Gasteiger partial charge in [0.25, 0.3) is 0 Å². The lowest BCUT2D eigenvalue weighted by molar-refractivity contribution is 0.1000. The Bertz CT molecular complexity index is 392. The van der Waals surface area contributed by atoms with Crippen molar-refractivity contribution in [2.45, 2.75) is 24.8 Å². The Labute approximate surface area is 116 Å². The lowest BCUT2D eigenvalue weighted by Crippen LogP contribution is -2.51. The van der Waals surface area contributed by atoms with Gasteiger partial charge in [0.15, 0.2) is 0 Å². The van der Waals surface area contributed by atoms with Crippen LogP contribution < -0.4 is 5.73 Å². The monoisotopic (exact) mass is 259 g/mol. The molecule has 2 unspecified atom stereocenters. The second-order valence-corrected chi connectivity index (χ2v) is 5.93. The van der Waals surface area contributed by atoms with E-state index >= 15 is 0 Å². The predicted octanol–water partition coefficient (Wildman–Crippen LogP) is 1.51. The standard InChI is InChI=1S/C16H25N3/c17-11-15(14-5-2-1-3-6-14)12-18-9-10-19-8-4-7-16(19)13-18/h1-3,5-6,15-16H,4,7-13,17H2. The van der Waals surface area contributed by atoms with E-state index in [9.17, 15) is 0 Å². The van der Waals surface area contributed by atoms with Gasteiger partial charge < -0.3 is 5.73 Å². The van der Waals surface area contributed by atoms with Crippen molar-refractivity contribution in [1.82, 2.24) is 9.80 Å². The van der Waals surface area contributed by atoms with Gasteiger partial charge in [0, 0.05) is 44.7 Å². The zero-order valence-electron chi connectivity index (χ0n) is 11.7. The highest BCUT2D eigenvalue weighted by Crippen LogP contribution is 2.23. The van der Waals surface area contributed by atoms with Gasteiger partial charge >= 0.3 is 0 Å². The summed E-state index contributed by atoms with van der Waals surface area (Å²) in [5.41, 5.74) is 7.38. The Hall–Kier alpha value is -0.900. The molecule has 0 bridgehead atoms. The molecule has 3 nitrogen and oxygen atoms in total. The lowest BCUT2D eigenvalue weighted by atomic mass is 9.98. The van der Waals surface area contributed by atoms with Crippen LogP contribution in [0, 0.1) is 0 Å². The van der Waals surface area contributed by atoms with Crippen molar-refractivity contribution in [3.63, 3.8) is 0 Å². The molecule has 0 spiro atoms. The maximum absolute atomic E-state index is 5.99. The minimum atomic E-state index is 0.481. The average molecular weight is 259 g/mol. The Morgan fingerprint density at radius 1 is 1.16 bits per heavy atom. The van der Waals surface area contributed by atoms with Crippen molar-refractivity contribution in [2.24, 2.45) is 5.73 Å². The summed E-state index contributed by atoms with van der Waals surface area (Å²) in [5.74, 6) is 0.481. The molecule has 2 saturated heterocycles. The van der Waals surface area contributed by atoms with Crippen molar-refractivity contribution in [2.75, 3.05) is 39.3 Å². The number of nitrogens with zero attached hydrogens (tertiary/aromatic N) is 2. The SMILES string of the molecule is NCC(CN1CCN2CCCC2C1)c1ccccc1. The first-order valence-corrected chi connectivity index (χ1v) is 7.58. The van der Waals surface area contributed by atoms with Gasteiger partial charge in [-0.05, 0) is 24.9 Å². The minimum Gasteiger partial charge on any atom is -0.330 e. The molecule has 2 N–H and O–H groups in total. The highest BCUT2D eigenvalue weighted by molar-refractivity contribution is 5.20. The Morgan fingerprint density at radius 2 is 2.00 bits per heavy atom. The van der Waals surface area contributed by atoms with Crippen molar-refractivity contribution in [3.05, 3.63) is 35.9 Å². The molecule has 2 aliphatic heterocycles. The number of hydrogen-bond donors (Lipinski definition) is 1. The fraction of sp³-hybridized carbons (Fsp3) is 0.625. The van der Waals surface area contributed by atoms with Crippen LogP contribution in [0.2, 0.25) is 0 Å². The Morgan fingerprint density at radius 3 is 2.79 bits per heavy atom. The highest BCUT2D eigenvalue weighted by Gasteiger charge is 2.31. The summed E-state index contributed by atoms with van der Waals surface area (Å²) in [6.07, 6.45) is 2.77. The van der Waals surface area contributed by atoms with Gasteiger partial charge in [0.1, 0.15) is 0 Å². The van der Waals surface area contributed by atoms with E-state index in [2.05, 4.69) is 40.1 Å². The van der Waals surface area contributed by atoms with Crippen LogP contribution in [0.4, 0.5) is 0 Å². The molecular weight excluding hydrogens is 234 g/mol. The molecule has 3 rings (SSSR count). The first-order chi connectivity index (χ1) is 9.36. The largest absolute Gasteiger partial charge is 0.330 e. The van der Waals surface area contributed by atoms with Gasteiger partial charge in [0.05, 0.1) is 0 Å². The summed E-state index contributed by atoms with van der Waals surface area (Å²) in [7, 11) is 0. The zero-order valence-corrected chi connectivity index (χ0v) is 11.7. The van der Waals surface area contributed by atoms with E-state index in [4.69, 9.17) is 5.73 Å². The summed E-state index contributed by atoms with van der Waals surface area (Å²) in [4.78, 5) is 5.29. The fourth-order valence-electron chi connectivity index (χ4n) is 3.57. The van der Waals surface area contributed by atoms with Gasteiger partial charge in [-0.2, -0.15) is 0 Å². The van der Waals surface area contributed by atoms with Gasteiger partial charge in [-0.15, -0.1) is 0 Å². The molecule has 0 amide bonds. The molecule has 2 heterocycles. The second-order valence-electron chi connectivity index (χ2n) is 5.93. The van der Waals surface area contributed by atoms with Crippen LogP contribution in [0.25, 0.3) is 0 Å². The number of fused-ring (bicyclic) bond motifs is 1. The van der Waals surface area contributed by atoms with Crippen LogP contribution in [0.15, 0.2) is 30.3 Å². The minimum absolute atomic E-state index is 0.481. The third-order valence-electron chi connectivity index (χ3n) is 4.71. The number of piperazine rings is 1. The second kappa shape index (κ2) is 6.04. The van der Waals surface area contributed by atoms with Gasteiger partial charge in [-0.1, -0.05) is 30.3 Å². The number of hydrogen-bond acceptors (Lipinski definition) is 3. The van der Waals surface area contributed by atoms with Crippen LogP contribution >= 0.6 is 0 Å². The first kappa shape index (κ1) is 13.1. The summed E-state index contributed by atoms with van der Waals surface area (Å²) >= 11 is 0. The van der Waals surface area contributed by atoms with E-state index < -0.39 is 0 Å². The molecule has 0 aliphatic carbocycles. The molecular formula is C16H25N3. The average Bonchev–Trinajstić information content (AvgIpc) is 2.93. The molecule has 19 heavy (non-hydrogen) atoms. The van der Waals surface area contributed by atoms with Crippen molar-refractivity contribution in [3.8, 4) is 0 Å². The van der Waals surface area contributed by atoms with E-state index in [1.807, 2.05) is 0 Å². The van der Waals surface area contributed by atoms with Crippen LogP contribution in [0.5, 0.6) is 0 Å². The summed E-state index contributed by atoms with van der Waals surface area (Å²) in [6.45, 7) is 6.87. The van der Waals surface area contributed by atoms with E-state index in [0.717, 1.165) is 19.1 Å². The van der Waals surface area contributed by atoms with E-state index in [1.165, 1.54) is 44.6 Å². The summed E-state index contributed by atoms with van der Waals surface area (Å²) in [6, 6.07) is 11.5. The molecule has 0 aromatic heterocycles. The maximum Gasteiger partial charge on any atom is 0.0224 e. The summed E-state index contributed by atoms with van der Waals surface area (Å²) in [5, 5.41) is 0. The molecule has 2 atom stereocenters. The Kier molecular flexibility index (Phi) is 4.16. The van der Waals surface area contributed by atoms with Crippen molar-refractivity contribution < 1.29 is 0 Å². The normalized spacial score (nSPS) is 26.3. The highest BCUT2D eigenvalue weighted by atomic mass is 15.3. The molecule has 2 fully saturated rings. The van der Waals surface area contributed by atoms with Crippen LogP contribution in [0.1, 0.15) is 24.3 Å². The van der Waals surface area contributed by atoms with E-state index in [0.29, 0.717) is 5.92 Å². The molecule has 1 aromatic carbocycles. The van der Waals surface area contributed by atoms with Gasteiger partial charge in [-0.3, -0.25) is 9.80 Å². The van der Waals surface area contributed by atoms with Crippen LogP contribution in [-0.4, -0.2) is 55.1 Å². The first-order valence-electron chi connectivity index (χ1n) is 7.58. The Balaban J connectivity index is 1.60. The molecule has 104 valence electrons. The van der Waals surface area contributed by atoms with Crippen molar-refractivity contribution in [1.29, 1.82) is 0 Å². The third kappa shape index (κ3) is 2.99. The fourth-order valence-corrected chi connectivity index (χ4v) is 3.57. The smallest absolute Gasteiger partial charge is 0.0224 e. The maximum atomic E-state index is 5.99. The molecule has 2 aliphatic rings. The topological polar surface area (TPSA) is 32.5 Å². The van der Waals surface area contributed by atoms with Crippen LogP contribution in [0.3, 0.4) is 0 Å². The number of rotatable bonds is 4. The zero-order chi connectivity index (χ0) is 13.1. The molecule has 3 heteroatoms. The summed E-state index contributed by atoms with van der Waals surface area (Å²) < 4.78 is 0. The van der Waals surface area contributed by atoms with E-state index in [-0.39, 0.29) is 0 Å². The quantitative estimate of drug-likeness (QED) is 0.889. The number of benzene rings is 1. The van der Waals surface area contributed by atoms with E-state index in [1.54, 1.807) is 0 Å². The molecule has 0 saturated carbocycles. The molecule has 1 aromatic rings. The lowest BCUT2D eigenvalue weighted by Gasteiger charge is -2.39. The number of nitrogens with two attached hydrogens (primary N) is 1. The third-order valence-corrected chi connectivity index (χ3v) is 4.71. The molecule has 0 radical (unpaired) electrons. The van der Waals surface area contributed by atoms with Crippen LogP contribution in [-0.2, 0) is 0 Å². The predicted molar refractivity (Wildman–Crippen MR) is 79.3 cm³/mol. The van der Waals surface area contributed by atoms with Gasteiger partial charge in [-0.25, -0.2) is 0 Å². The van der Waals surface area contributed by atoms with Crippen molar-refractivity contribution >= 4 is 0 Å².